The molecule has 5 nitrogen and oxygen atoms in total. The summed E-state index contributed by atoms with van der Waals surface area (Å²) in [6.45, 7) is 4.00. The van der Waals surface area contributed by atoms with Crippen LogP contribution in [0.1, 0.15) is 37.0 Å². The quantitative estimate of drug-likeness (QED) is 0.549. The van der Waals surface area contributed by atoms with Crippen molar-refractivity contribution in [1.29, 1.82) is 0 Å². The summed E-state index contributed by atoms with van der Waals surface area (Å²) >= 11 is 0. The molecule has 0 fully saturated rings. The van der Waals surface area contributed by atoms with E-state index in [1.165, 1.54) is 0 Å². The molecule has 0 aromatic heterocycles. The molecule has 0 spiro atoms. The van der Waals surface area contributed by atoms with Crippen LogP contribution in [0.15, 0.2) is 18.2 Å². The summed E-state index contributed by atoms with van der Waals surface area (Å²) in [5.74, 6) is -0.635. The Morgan fingerprint density at radius 2 is 1.94 bits per heavy atom. The number of rotatable bonds is 4. The Hall–Kier alpha value is -1.59. The van der Waals surface area contributed by atoms with E-state index in [1.807, 2.05) is 19.9 Å². The Morgan fingerprint density at radius 3 is 2.44 bits per heavy atom. The lowest BCUT2D eigenvalue weighted by Gasteiger charge is -2.19. The van der Waals surface area contributed by atoms with Crippen LogP contribution in [0, 0.1) is 0 Å². The molecule has 0 saturated carbocycles. The lowest BCUT2D eigenvalue weighted by molar-refractivity contribution is -0.156. The molecule has 1 aromatic carbocycles. The number of aliphatic hydroxyl groups is 2. The topological polar surface area (TPSA) is 92.8 Å². The summed E-state index contributed by atoms with van der Waals surface area (Å²) in [6.07, 6.45) is -3.03. The van der Waals surface area contributed by atoms with Crippen molar-refractivity contribution in [2.75, 3.05) is 12.8 Å². The first-order valence-electron chi connectivity index (χ1n) is 5.71. The smallest absolute Gasteiger partial charge is 0.337 e. The Balaban J connectivity index is 3.07. The zero-order valence-corrected chi connectivity index (χ0v) is 10.8. The van der Waals surface area contributed by atoms with Gasteiger partial charge in [0.25, 0.3) is 0 Å². The molecule has 0 aliphatic heterocycles. The van der Waals surface area contributed by atoms with Crippen molar-refractivity contribution < 1.29 is 19.7 Å². The van der Waals surface area contributed by atoms with Crippen molar-refractivity contribution in [3.05, 3.63) is 29.3 Å². The van der Waals surface area contributed by atoms with E-state index >= 15 is 0 Å². The maximum atomic E-state index is 11.2. The van der Waals surface area contributed by atoms with Gasteiger partial charge in [-0.15, -0.1) is 0 Å². The second-order valence-corrected chi connectivity index (χ2v) is 4.46. The van der Waals surface area contributed by atoms with Crippen LogP contribution in [0.4, 0.5) is 5.69 Å². The second kappa shape index (κ2) is 5.84. The van der Waals surface area contributed by atoms with Gasteiger partial charge in [0.1, 0.15) is 6.10 Å². The molecule has 0 radical (unpaired) electrons. The van der Waals surface area contributed by atoms with Gasteiger partial charge in [0.05, 0.1) is 7.11 Å². The normalized spacial score (nSPS) is 14.3. The molecule has 0 bridgehead atoms. The molecule has 0 aliphatic carbocycles. The molecule has 2 unspecified atom stereocenters. The highest BCUT2D eigenvalue weighted by molar-refractivity contribution is 5.75. The average Bonchev–Trinajstić information content (AvgIpc) is 2.36. The van der Waals surface area contributed by atoms with Crippen LogP contribution in [0.25, 0.3) is 0 Å². The van der Waals surface area contributed by atoms with Gasteiger partial charge in [0.2, 0.25) is 0 Å². The van der Waals surface area contributed by atoms with Gasteiger partial charge in [0.15, 0.2) is 6.10 Å². The van der Waals surface area contributed by atoms with Crippen molar-refractivity contribution in [2.45, 2.75) is 32.0 Å². The number of carbonyl (C=O) groups excluding carboxylic acids is 1. The van der Waals surface area contributed by atoms with Gasteiger partial charge in [-0.3, -0.25) is 0 Å². The highest BCUT2D eigenvalue weighted by Gasteiger charge is 2.28. The van der Waals surface area contributed by atoms with E-state index < -0.39 is 18.2 Å². The number of benzene rings is 1. The minimum Gasteiger partial charge on any atom is -0.467 e. The molecule has 0 amide bonds. The predicted octanol–water partition coefficient (Wildman–Crippen LogP) is 0.960. The number of methoxy groups -OCH3 is 1. The number of ether oxygens (including phenoxy) is 1. The first-order chi connectivity index (χ1) is 8.38. The maximum absolute atomic E-state index is 11.2. The first-order valence-corrected chi connectivity index (χ1v) is 5.71. The van der Waals surface area contributed by atoms with E-state index in [-0.39, 0.29) is 5.92 Å². The van der Waals surface area contributed by atoms with Crippen LogP contribution in [-0.4, -0.2) is 29.4 Å². The zero-order chi connectivity index (χ0) is 13.9. The minimum absolute atomic E-state index is 0.256. The second-order valence-electron chi connectivity index (χ2n) is 4.46. The van der Waals surface area contributed by atoms with Gasteiger partial charge in [-0.2, -0.15) is 0 Å². The van der Waals surface area contributed by atoms with Crippen molar-refractivity contribution in [3.8, 4) is 0 Å². The summed E-state index contributed by atoms with van der Waals surface area (Å²) < 4.78 is 4.38. The van der Waals surface area contributed by atoms with Crippen LogP contribution in [0.3, 0.4) is 0 Å². The number of nitrogens with two attached hydrogens (primary N) is 1. The number of nitrogen functional groups attached to an aromatic ring is 1. The first kappa shape index (κ1) is 14.5. The number of esters is 1. The van der Waals surface area contributed by atoms with Crippen molar-refractivity contribution in [2.24, 2.45) is 0 Å². The number of hydrogen-bond donors (Lipinski definition) is 3. The van der Waals surface area contributed by atoms with Gasteiger partial charge in [0, 0.05) is 11.3 Å². The van der Waals surface area contributed by atoms with Gasteiger partial charge >= 0.3 is 5.97 Å². The number of anilines is 1. The lowest BCUT2D eigenvalue weighted by Crippen LogP contribution is -2.29. The third-order valence-corrected chi connectivity index (χ3v) is 2.84. The van der Waals surface area contributed by atoms with Crippen LogP contribution in [0.2, 0.25) is 0 Å². The third kappa shape index (κ3) is 3.00. The molecule has 1 rings (SSSR count). The maximum Gasteiger partial charge on any atom is 0.337 e. The molecule has 4 N–H and O–H groups in total. The Kier molecular flexibility index (Phi) is 4.69. The molecule has 18 heavy (non-hydrogen) atoms. The monoisotopic (exact) mass is 253 g/mol. The summed E-state index contributed by atoms with van der Waals surface area (Å²) in [4.78, 5) is 11.2. The summed E-state index contributed by atoms with van der Waals surface area (Å²) in [7, 11) is 1.15. The number of hydrogen-bond acceptors (Lipinski definition) is 5. The van der Waals surface area contributed by atoms with E-state index in [9.17, 15) is 15.0 Å². The molecule has 5 heteroatoms. The van der Waals surface area contributed by atoms with Crippen molar-refractivity contribution in [3.63, 3.8) is 0 Å². The van der Waals surface area contributed by atoms with Crippen molar-refractivity contribution >= 4 is 11.7 Å². The summed E-state index contributed by atoms with van der Waals surface area (Å²) in [5, 5.41) is 19.6. The van der Waals surface area contributed by atoms with Gasteiger partial charge < -0.3 is 20.7 Å². The van der Waals surface area contributed by atoms with Crippen LogP contribution < -0.4 is 5.73 Å². The standard InChI is InChI=1S/C13H19NO4/c1-7(2)8-4-5-10(14)9(6-8)11(15)12(16)13(17)18-3/h4-7,11-12,15-16H,14H2,1-3H3. The zero-order valence-electron chi connectivity index (χ0n) is 10.8. The van der Waals surface area contributed by atoms with Crippen LogP contribution >= 0.6 is 0 Å². The molecular formula is C13H19NO4. The third-order valence-electron chi connectivity index (χ3n) is 2.84. The SMILES string of the molecule is COC(=O)C(O)C(O)c1cc(C(C)C)ccc1N. The Labute approximate surface area is 106 Å². The highest BCUT2D eigenvalue weighted by atomic mass is 16.5. The Bertz CT molecular complexity index is 431. The Morgan fingerprint density at radius 1 is 1.33 bits per heavy atom. The van der Waals surface area contributed by atoms with Gasteiger partial charge in [-0.1, -0.05) is 26.0 Å². The minimum atomic E-state index is -1.64. The molecule has 1 aromatic rings. The summed E-state index contributed by atoms with van der Waals surface area (Å²) in [5.41, 5.74) is 7.38. The molecule has 0 heterocycles. The fraction of sp³-hybridized carbons (Fsp3) is 0.462. The molecular weight excluding hydrogens is 234 g/mol. The molecule has 2 atom stereocenters. The molecule has 0 saturated heterocycles. The van der Waals surface area contributed by atoms with E-state index in [0.29, 0.717) is 11.3 Å². The molecule has 0 aliphatic rings. The lowest BCUT2D eigenvalue weighted by atomic mass is 9.95. The molecule has 100 valence electrons. The van der Waals surface area contributed by atoms with Gasteiger partial charge in [-0.25, -0.2) is 4.79 Å². The highest BCUT2D eigenvalue weighted by Crippen LogP contribution is 2.27. The summed E-state index contributed by atoms with van der Waals surface area (Å²) in [6, 6.07) is 5.19. The van der Waals surface area contributed by atoms with E-state index in [1.54, 1.807) is 12.1 Å². The van der Waals surface area contributed by atoms with Gasteiger partial charge in [-0.05, 0) is 17.5 Å². The van der Waals surface area contributed by atoms with Crippen LogP contribution in [-0.2, 0) is 9.53 Å². The largest absolute Gasteiger partial charge is 0.467 e. The van der Waals surface area contributed by atoms with E-state index in [2.05, 4.69) is 4.74 Å². The predicted molar refractivity (Wildman–Crippen MR) is 67.9 cm³/mol. The van der Waals surface area contributed by atoms with E-state index in [0.717, 1.165) is 12.7 Å². The number of aliphatic hydroxyl groups excluding tert-OH is 2. The van der Waals surface area contributed by atoms with Crippen molar-refractivity contribution in [1.82, 2.24) is 0 Å². The van der Waals surface area contributed by atoms with Crippen LogP contribution in [0.5, 0.6) is 0 Å². The fourth-order valence-corrected chi connectivity index (χ4v) is 1.63. The number of carbonyl (C=O) groups is 1. The average molecular weight is 253 g/mol. The van der Waals surface area contributed by atoms with E-state index in [4.69, 9.17) is 5.73 Å². The fourth-order valence-electron chi connectivity index (χ4n) is 1.63.